The molecule has 0 bridgehead atoms. The van der Waals surface area contributed by atoms with Gasteiger partial charge in [-0.2, -0.15) is 0 Å². The van der Waals surface area contributed by atoms with Crippen LogP contribution in [0.5, 0.6) is 11.5 Å². The van der Waals surface area contributed by atoms with Crippen molar-refractivity contribution in [2.45, 2.75) is 71.4 Å². The molecule has 0 radical (unpaired) electrons. The molecular formula is C30H38F2N2O5. The van der Waals surface area contributed by atoms with Crippen molar-refractivity contribution in [3.05, 3.63) is 65.2 Å². The molecule has 0 saturated heterocycles. The van der Waals surface area contributed by atoms with E-state index in [2.05, 4.69) is 5.32 Å². The number of aliphatic carboxylic acids is 1. The van der Waals surface area contributed by atoms with Crippen LogP contribution in [-0.4, -0.2) is 53.2 Å². The Hall–Kier alpha value is -3.62. The fourth-order valence-corrected chi connectivity index (χ4v) is 4.83. The lowest BCUT2D eigenvalue weighted by atomic mass is 9.73. The highest BCUT2D eigenvalue weighted by molar-refractivity contribution is 5.88. The number of carbonyl (C=O) groups is 2. The van der Waals surface area contributed by atoms with Crippen LogP contribution in [0.25, 0.3) is 5.57 Å². The Labute approximate surface area is 228 Å². The average Bonchev–Trinajstić information content (AvgIpc) is 2.87. The lowest BCUT2D eigenvalue weighted by Gasteiger charge is -2.45. The number of alkyl halides is 2. The van der Waals surface area contributed by atoms with Gasteiger partial charge in [-0.25, -0.2) is 18.4 Å². The van der Waals surface area contributed by atoms with E-state index in [0.717, 1.165) is 22.3 Å². The van der Waals surface area contributed by atoms with E-state index in [0.29, 0.717) is 31.1 Å². The van der Waals surface area contributed by atoms with Gasteiger partial charge in [0.05, 0.1) is 19.3 Å². The molecule has 0 aromatic heterocycles. The predicted molar refractivity (Wildman–Crippen MR) is 146 cm³/mol. The molecule has 1 fully saturated rings. The molecule has 2 aromatic rings. The summed E-state index contributed by atoms with van der Waals surface area (Å²) in [5.41, 5.74) is 1.61. The molecule has 2 N–H and O–H groups in total. The van der Waals surface area contributed by atoms with Crippen molar-refractivity contribution in [2.24, 2.45) is 0 Å². The first kappa shape index (κ1) is 29.9. The number of allylic oxidation sites excluding steroid dienone is 1. The predicted octanol–water partition coefficient (Wildman–Crippen LogP) is 6.61. The van der Waals surface area contributed by atoms with Gasteiger partial charge in [-0.1, -0.05) is 36.4 Å². The van der Waals surface area contributed by atoms with Crippen LogP contribution in [0.15, 0.2) is 48.5 Å². The van der Waals surface area contributed by atoms with Gasteiger partial charge in [0.2, 0.25) is 0 Å². The average molecular weight is 545 g/mol. The minimum absolute atomic E-state index is 0.227. The number of carbonyl (C=O) groups excluding carboxylic acids is 1. The Morgan fingerprint density at radius 1 is 1.10 bits per heavy atom. The summed E-state index contributed by atoms with van der Waals surface area (Å²) in [6.45, 7) is 10.5. The van der Waals surface area contributed by atoms with E-state index in [1.54, 1.807) is 0 Å². The molecule has 0 aliphatic heterocycles. The fraction of sp³-hybridized carbons (Fsp3) is 0.467. The standard InChI is InChI=1S/C30H38F2N2O5/c1-6-38-25-16-24(17-26(21(25)4)39-7-2)22(5)34(15-11-12-20(3)23-13-9-8-10-14-23)28(37)33-29(27(35)36)18-30(31,32)19-29/h8-10,12-14,16-17,22H,6-7,11,15,18-19H2,1-5H3,(H,33,37)(H,35,36)/b20-12+/t22-/m1/s1. The van der Waals surface area contributed by atoms with Crippen LogP contribution in [0.4, 0.5) is 13.6 Å². The topological polar surface area (TPSA) is 88.1 Å². The molecule has 3 rings (SSSR count). The second-order valence-electron chi connectivity index (χ2n) is 9.95. The second-order valence-corrected chi connectivity index (χ2v) is 9.95. The summed E-state index contributed by atoms with van der Waals surface area (Å²) < 4.78 is 39.1. The van der Waals surface area contributed by atoms with Crippen molar-refractivity contribution in [3.8, 4) is 11.5 Å². The fourth-order valence-electron chi connectivity index (χ4n) is 4.83. The van der Waals surface area contributed by atoms with Crippen LogP contribution < -0.4 is 14.8 Å². The lowest BCUT2D eigenvalue weighted by molar-refractivity contribution is -0.175. The van der Waals surface area contributed by atoms with E-state index in [9.17, 15) is 23.5 Å². The van der Waals surface area contributed by atoms with E-state index in [1.165, 1.54) is 4.90 Å². The number of halogens is 2. The highest BCUT2D eigenvalue weighted by Gasteiger charge is 2.62. The number of benzene rings is 2. The number of urea groups is 1. The number of amides is 2. The van der Waals surface area contributed by atoms with Crippen molar-refractivity contribution in [3.63, 3.8) is 0 Å². The molecule has 7 nitrogen and oxygen atoms in total. The molecule has 2 amide bonds. The third kappa shape index (κ3) is 7.07. The van der Waals surface area contributed by atoms with E-state index < -0.39 is 42.3 Å². The van der Waals surface area contributed by atoms with Gasteiger partial charge in [0, 0.05) is 24.9 Å². The number of carboxylic acids is 1. The molecule has 212 valence electrons. The molecule has 1 aliphatic carbocycles. The highest BCUT2D eigenvalue weighted by atomic mass is 19.3. The largest absolute Gasteiger partial charge is 0.493 e. The van der Waals surface area contributed by atoms with Crippen molar-refractivity contribution >= 4 is 17.6 Å². The first-order chi connectivity index (χ1) is 18.4. The Bertz CT molecular complexity index is 1160. The maximum absolute atomic E-state index is 13.7. The summed E-state index contributed by atoms with van der Waals surface area (Å²) in [4.78, 5) is 26.9. The van der Waals surface area contributed by atoms with Crippen LogP contribution in [0.2, 0.25) is 0 Å². The Balaban J connectivity index is 1.93. The number of nitrogens with one attached hydrogen (secondary N) is 1. The molecule has 0 heterocycles. The molecule has 9 heteroatoms. The van der Waals surface area contributed by atoms with Gasteiger partial charge < -0.3 is 24.8 Å². The van der Waals surface area contributed by atoms with Crippen LogP contribution in [0.3, 0.4) is 0 Å². The normalized spacial score (nSPS) is 16.5. The zero-order valence-electron chi connectivity index (χ0n) is 23.2. The number of hydrogen-bond acceptors (Lipinski definition) is 4. The van der Waals surface area contributed by atoms with Crippen LogP contribution >= 0.6 is 0 Å². The van der Waals surface area contributed by atoms with Gasteiger partial charge in [-0.15, -0.1) is 0 Å². The SMILES string of the molecule is CCOc1cc([C@@H](C)N(CC/C=C(\C)c2ccccc2)C(=O)NC2(C(=O)O)CC(F)(F)C2)cc(OCC)c1C. The number of ether oxygens (including phenoxy) is 2. The summed E-state index contributed by atoms with van der Waals surface area (Å²) in [6, 6.07) is 12.2. The van der Waals surface area contributed by atoms with Crippen molar-refractivity contribution in [1.29, 1.82) is 0 Å². The van der Waals surface area contributed by atoms with Gasteiger partial charge in [-0.05, 0) is 69.9 Å². The zero-order valence-corrected chi connectivity index (χ0v) is 23.2. The van der Waals surface area contributed by atoms with Gasteiger partial charge in [0.1, 0.15) is 11.5 Å². The number of carboxylic acid groups (broad SMARTS) is 1. The van der Waals surface area contributed by atoms with Crippen LogP contribution in [-0.2, 0) is 4.79 Å². The summed E-state index contributed by atoms with van der Waals surface area (Å²) in [6.07, 6.45) is 0.587. The summed E-state index contributed by atoms with van der Waals surface area (Å²) >= 11 is 0. The highest BCUT2D eigenvalue weighted by Crippen LogP contribution is 2.46. The number of nitrogens with zero attached hydrogens (tertiary/aromatic N) is 1. The monoisotopic (exact) mass is 544 g/mol. The van der Waals surface area contributed by atoms with Gasteiger partial charge in [0.15, 0.2) is 5.54 Å². The quantitative estimate of drug-likeness (QED) is 0.314. The molecule has 0 unspecified atom stereocenters. The Morgan fingerprint density at radius 2 is 1.67 bits per heavy atom. The molecule has 39 heavy (non-hydrogen) atoms. The van der Waals surface area contributed by atoms with E-state index in [1.807, 2.05) is 83.2 Å². The smallest absolute Gasteiger partial charge is 0.329 e. The minimum Gasteiger partial charge on any atom is -0.493 e. The molecule has 1 atom stereocenters. The molecule has 1 saturated carbocycles. The molecule has 1 aliphatic rings. The minimum atomic E-state index is -3.13. The van der Waals surface area contributed by atoms with Gasteiger partial charge in [0.25, 0.3) is 5.92 Å². The summed E-state index contributed by atoms with van der Waals surface area (Å²) in [5.74, 6) is -3.37. The first-order valence-electron chi connectivity index (χ1n) is 13.3. The second kappa shape index (κ2) is 12.5. The molecule has 0 spiro atoms. The van der Waals surface area contributed by atoms with Crippen molar-refractivity contribution < 1.29 is 33.0 Å². The van der Waals surface area contributed by atoms with Crippen molar-refractivity contribution in [1.82, 2.24) is 10.2 Å². The third-order valence-corrected chi connectivity index (χ3v) is 7.07. The first-order valence-corrected chi connectivity index (χ1v) is 13.3. The van der Waals surface area contributed by atoms with Crippen LogP contribution in [0, 0.1) is 6.92 Å². The molecular weight excluding hydrogens is 506 g/mol. The summed E-state index contributed by atoms with van der Waals surface area (Å²) in [7, 11) is 0. The van der Waals surface area contributed by atoms with Crippen molar-refractivity contribution in [2.75, 3.05) is 19.8 Å². The Morgan fingerprint density at radius 3 is 2.15 bits per heavy atom. The zero-order chi connectivity index (χ0) is 28.8. The summed E-state index contributed by atoms with van der Waals surface area (Å²) in [5, 5.41) is 12.1. The van der Waals surface area contributed by atoms with E-state index >= 15 is 0 Å². The number of hydrogen-bond donors (Lipinski definition) is 2. The third-order valence-electron chi connectivity index (χ3n) is 7.07. The molecule has 2 aromatic carbocycles. The van der Waals surface area contributed by atoms with E-state index in [-0.39, 0.29) is 6.54 Å². The lowest BCUT2D eigenvalue weighted by Crippen LogP contribution is -2.68. The maximum Gasteiger partial charge on any atom is 0.329 e. The maximum atomic E-state index is 13.7. The Kier molecular flexibility index (Phi) is 9.59. The van der Waals surface area contributed by atoms with Crippen LogP contribution in [0.1, 0.15) is 69.7 Å². The number of rotatable bonds is 12. The van der Waals surface area contributed by atoms with Gasteiger partial charge >= 0.3 is 12.0 Å². The van der Waals surface area contributed by atoms with E-state index in [4.69, 9.17) is 9.47 Å². The van der Waals surface area contributed by atoms with Gasteiger partial charge in [-0.3, -0.25) is 0 Å².